The summed E-state index contributed by atoms with van der Waals surface area (Å²) in [6.07, 6.45) is 6.22. The summed E-state index contributed by atoms with van der Waals surface area (Å²) in [6, 6.07) is 9.94. The van der Waals surface area contributed by atoms with Crippen molar-refractivity contribution >= 4 is 5.97 Å². The molecule has 1 saturated carbocycles. The average Bonchev–Trinajstić information content (AvgIpc) is 3.25. The van der Waals surface area contributed by atoms with Gasteiger partial charge < -0.3 is 9.47 Å². The zero-order chi connectivity index (χ0) is 14.0. The molecule has 2 atom stereocenters. The van der Waals surface area contributed by atoms with Crippen LogP contribution >= 0.6 is 0 Å². The lowest BCUT2D eigenvalue weighted by atomic mass is 9.95. The van der Waals surface area contributed by atoms with Crippen LogP contribution in [0.4, 0.5) is 0 Å². The van der Waals surface area contributed by atoms with Crippen LogP contribution in [0.15, 0.2) is 30.3 Å². The van der Waals surface area contributed by atoms with E-state index in [-0.39, 0.29) is 18.2 Å². The standard InChI is InChI=1S/C17H22O3/c1-2-17(15(20-17)13-9-5-3-6-10-13)16(18)19-14-11-7-4-8-12-14/h3,5-6,9-10,14-15H,2,4,7-8,11-12H2,1H3. The van der Waals surface area contributed by atoms with E-state index in [1.807, 2.05) is 37.3 Å². The van der Waals surface area contributed by atoms with Gasteiger partial charge in [-0.15, -0.1) is 0 Å². The third-order valence-electron chi connectivity index (χ3n) is 4.49. The quantitative estimate of drug-likeness (QED) is 0.619. The highest BCUT2D eigenvalue weighted by atomic mass is 16.7. The Kier molecular flexibility index (Phi) is 3.79. The summed E-state index contributed by atoms with van der Waals surface area (Å²) in [5, 5.41) is 0. The first-order chi connectivity index (χ1) is 9.76. The van der Waals surface area contributed by atoms with Gasteiger partial charge in [0.15, 0.2) is 5.60 Å². The largest absolute Gasteiger partial charge is 0.460 e. The third-order valence-corrected chi connectivity index (χ3v) is 4.49. The van der Waals surface area contributed by atoms with Gasteiger partial charge in [0, 0.05) is 0 Å². The Balaban J connectivity index is 1.66. The summed E-state index contributed by atoms with van der Waals surface area (Å²) < 4.78 is 11.5. The van der Waals surface area contributed by atoms with E-state index in [0.29, 0.717) is 6.42 Å². The summed E-state index contributed by atoms with van der Waals surface area (Å²) in [6.45, 7) is 1.99. The Morgan fingerprint density at radius 2 is 1.95 bits per heavy atom. The normalized spacial score (nSPS) is 29.9. The first-order valence-corrected chi connectivity index (χ1v) is 7.70. The average molecular weight is 274 g/mol. The smallest absolute Gasteiger partial charge is 0.341 e. The molecule has 0 N–H and O–H groups in total. The molecule has 0 spiro atoms. The molecule has 1 heterocycles. The highest BCUT2D eigenvalue weighted by Gasteiger charge is 2.63. The molecule has 1 aromatic carbocycles. The van der Waals surface area contributed by atoms with Crippen molar-refractivity contribution in [1.82, 2.24) is 0 Å². The maximum atomic E-state index is 12.5. The minimum Gasteiger partial charge on any atom is -0.460 e. The molecule has 1 saturated heterocycles. The van der Waals surface area contributed by atoms with Gasteiger partial charge in [0.2, 0.25) is 0 Å². The van der Waals surface area contributed by atoms with E-state index in [4.69, 9.17) is 9.47 Å². The van der Waals surface area contributed by atoms with Crippen molar-refractivity contribution in [3.63, 3.8) is 0 Å². The summed E-state index contributed by atoms with van der Waals surface area (Å²) >= 11 is 0. The van der Waals surface area contributed by atoms with Crippen molar-refractivity contribution in [2.75, 3.05) is 0 Å². The van der Waals surface area contributed by atoms with Crippen LogP contribution < -0.4 is 0 Å². The van der Waals surface area contributed by atoms with Crippen LogP contribution in [0, 0.1) is 0 Å². The van der Waals surface area contributed by atoms with Crippen molar-refractivity contribution in [1.29, 1.82) is 0 Å². The highest BCUT2D eigenvalue weighted by molar-refractivity contribution is 5.84. The van der Waals surface area contributed by atoms with Gasteiger partial charge >= 0.3 is 5.97 Å². The Bertz CT molecular complexity index is 464. The predicted octanol–water partition coefficient (Wildman–Crippen LogP) is 3.78. The first-order valence-electron chi connectivity index (χ1n) is 7.70. The third kappa shape index (κ3) is 2.47. The lowest BCUT2D eigenvalue weighted by Crippen LogP contribution is -2.32. The van der Waals surface area contributed by atoms with Crippen molar-refractivity contribution in [3.8, 4) is 0 Å². The zero-order valence-electron chi connectivity index (χ0n) is 12.0. The summed E-state index contributed by atoms with van der Waals surface area (Å²) in [5.74, 6) is -0.166. The maximum Gasteiger partial charge on any atom is 0.341 e. The Labute approximate surface area is 120 Å². The monoisotopic (exact) mass is 274 g/mol. The van der Waals surface area contributed by atoms with E-state index >= 15 is 0 Å². The van der Waals surface area contributed by atoms with Crippen molar-refractivity contribution in [2.24, 2.45) is 0 Å². The number of carbonyl (C=O) groups excluding carboxylic acids is 1. The summed E-state index contributed by atoms with van der Waals surface area (Å²) in [4.78, 5) is 12.5. The molecule has 0 amide bonds. The van der Waals surface area contributed by atoms with Crippen LogP contribution in [0.25, 0.3) is 0 Å². The Hall–Kier alpha value is -1.35. The molecule has 3 nitrogen and oxygen atoms in total. The molecular formula is C17H22O3. The van der Waals surface area contributed by atoms with E-state index < -0.39 is 5.60 Å². The van der Waals surface area contributed by atoms with E-state index in [1.165, 1.54) is 19.3 Å². The molecule has 108 valence electrons. The van der Waals surface area contributed by atoms with Gasteiger partial charge in [-0.25, -0.2) is 4.79 Å². The number of ether oxygens (including phenoxy) is 2. The Morgan fingerprint density at radius 1 is 1.25 bits per heavy atom. The van der Waals surface area contributed by atoms with E-state index in [0.717, 1.165) is 18.4 Å². The molecule has 1 aliphatic carbocycles. The second kappa shape index (κ2) is 5.57. The number of epoxide rings is 1. The predicted molar refractivity (Wildman–Crippen MR) is 76.3 cm³/mol. The maximum absolute atomic E-state index is 12.5. The van der Waals surface area contributed by atoms with Crippen molar-refractivity contribution < 1.29 is 14.3 Å². The molecule has 3 heteroatoms. The number of benzene rings is 1. The van der Waals surface area contributed by atoms with Crippen LogP contribution in [0.5, 0.6) is 0 Å². The van der Waals surface area contributed by atoms with Crippen LogP contribution in [-0.2, 0) is 14.3 Å². The minimum atomic E-state index is -0.737. The van der Waals surface area contributed by atoms with Gasteiger partial charge in [-0.3, -0.25) is 0 Å². The fourth-order valence-electron chi connectivity index (χ4n) is 3.14. The number of rotatable bonds is 4. The van der Waals surface area contributed by atoms with Crippen molar-refractivity contribution in [3.05, 3.63) is 35.9 Å². The van der Waals surface area contributed by atoms with Gasteiger partial charge in [0.1, 0.15) is 12.2 Å². The molecule has 0 radical (unpaired) electrons. The topological polar surface area (TPSA) is 38.8 Å². The molecule has 2 unspecified atom stereocenters. The molecule has 0 bridgehead atoms. The van der Waals surface area contributed by atoms with Crippen LogP contribution in [0.2, 0.25) is 0 Å². The number of carbonyl (C=O) groups is 1. The van der Waals surface area contributed by atoms with E-state index in [2.05, 4.69) is 0 Å². The minimum absolute atomic E-state index is 0.0975. The number of hydrogen-bond donors (Lipinski definition) is 0. The summed E-state index contributed by atoms with van der Waals surface area (Å²) in [5.41, 5.74) is 0.327. The number of esters is 1. The molecule has 2 fully saturated rings. The Morgan fingerprint density at radius 3 is 2.60 bits per heavy atom. The highest BCUT2D eigenvalue weighted by Crippen LogP contribution is 2.52. The van der Waals surface area contributed by atoms with Gasteiger partial charge in [-0.05, 0) is 37.7 Å². The summed E-state index contributed by atoms with van der Waals surface area (Å²) in [7, 11) is 0. The molecule has 20 heavy (non-hydrogen) atoms. The first kappa shape index (κ1) is 13.6. The van der Waals surface area contributed by atoms with Crippen LogP contribution in [-0.4, -0.2) is 17.7 Å². The van der Waals surface area contributed by atoms with Gasteiger partial charge in [-0.1, -0.05) is 43.7 Å². The fraction of sp³-hybridized carbons (Fsp3) is 0.588. The second-order valence-corrected chi connectivity index (χ2v) is 5.82. The molecular weight excluding hydrogens is 252 g/mol. The fourth-order valence-corrected chi connectivity index (χ4v) is 3.14. The van der Waals surface area contributed by atoms with Crippen LogP contribution in [0.3, 0.4) is 0 Å². The molecule has 1 aromatic rings. The zero-order valence-corrected chi connectivity index (χ0v) is 12.0. The van der Waals surface area contributed by atoms with Crippen molar-refractivity contribution in [2.45, 2.75) is 63.3 Å². The van der Waals surface area contributed by atoms with Gasteiger partial charge in [0.05, 0.1) is 0 Å². The van der Waals surface area contributed by atoms with Gasteiger partial charge in [-0.2, -0.15) is 0 Å². The van der Waals surface area contributed by atoms with Crippen LogP contribution in [0.1, 0.15) is 57.1 Å². The lowest BCUT2D eigenvalue weighted by Gasteiger charge is -2.23. The van der Waals surface area contributed by atoms with E-state index in [9.17, 15) is 4.79 Å². The van der Waals surface area contributed by atoms with Gasteiger partial charge in [0.25, 0.3) is 0 Å². The molecule has 0 aromatic heterocycles. The molecule has 3 rings (SSSR count). The SMILES string of the molecule is CCC1(C(=O)OC2CCCCC2)OC1c1ccccc1. The second-order valence-electron chi connectivity index (χ2n) is 5.82. The number of hydrogen-bond acceptors (Lipinski definition) is 3. The lowest BCUT2D eigenvalue weighted by molar-refractivity contribution is -0.157. The van der Waals surface area contributed by atoms with E-state index in [1.54, 1.807) is 0 Å². The molecule has 1 aliphatic heterocycles. The molecule has 2 aliphatic rings.